The summed E-state index contributed by atoms with van der Waals surface area (Å²) in [5.74, 6) is 0. The standard InChI is InChI=1S/C13H14ClN3OS/c1-13(2,3)10-6-19-11(17-10)4-9-8(5-18)12(14)16-7-15-9/h5-7H,4H2,1-3H3. The fourth-order valence-electron chi connectivity index (χ4n) is 1.54. The Kier molecular flexibility index (Phi) is 3.96. The van der Waals surface area contributed by atoms with Crippen molar-refractivity contribution < 1.29 is 4.79 Å². The SMILES string of the molecule is CC(C)(C)c1csc(Cc2ncnc(Cl)c2C=O)n1. The van der Waals surface area contributed by atoms with Crippen LogP contribution in [0.5, 0.6) is 0 Å². The van der Waals surface area contributed by atoms with E-state index in [1.807, 2.05) is 5.38 Å². The van der Waals surface area contributed by atoms with Crippen LogP contribution in [0.25, 0.3) is 0 Å². The van der Waals surface area contributed by atoms with E-state index in [0.717, 1.165) is 10.7 Å². The van der Waals surface area contributed by atoms with E-state index in [4.69, 9.17) is 11.6 Å². The fraction of sp³-hybridized carbons (Fsp3) is 0.385. The van der Waals surface area contributed by atoms with E-state index in [1.165, 1.54) is 6.33 Å². The van der Waals surface area contributed by atoms with Gasteiger partial charge in [0.25, 0.3) is 0 Å². The monoisotopic (exact) mass is 295 g/mol. The molecule has 2 heterocycles. The Morgan fingerprint density at radius 2 is 2.11 bits per heavy atom. The molecule has 0 unspecified atom stereocenters. The minimum absolute atomic E-state index is 0.0194. The van der Waals surface area contributed by atoms with Crippen molar-refractivity contribution in [1.29, 1.82) is 0 Å². The van der Waals surface area contributed by atoms with Gasteiger partial charge in [0, 0.05) is 17.2 Å². The number of aromatic nitrogens is 3. The van der Waals surface area contributed by atoms with Gasteiger partial charge in [-0.25, -0.2) is 15.0 Å². The van der Waals surface area contributed by atoms with E-state index in [1.54, 1.807) is 11.3 Å². The zero-order valence-electron chi connectivity index (χ0n) is 11.0. The van der Waals surface area contributed by atoms with Crippen LogP contribution in [0.2, 0.25) is 5.15 Å². The highest BCUT2D eigenvalue weighted by atomic mass is 35.5. The summed E-state index contributed by atoms with van der Waals surface area (Å²) in [5.41, 5.74) is 2.02. The lowest BCUT2D eigenvalue weighted by atomic mass is 9.93. The third-order valence-electron chi connectivity index (χ3n) is 2.67. The maximum Gasteiger partial charge on any atom is 0.155 e. The predicted octanol–water partition coefficient (Wildman–Crippen LogP) is 3.29. The third kappa shape index (κ3) is 3.16. The van der Waals surface area contributed by atoms with Crippen LogP contribution in [-0.4, -0.2) is 21.2 Å². The molecule has 0 saturated heterocycles. The van der Waals surface area contributed by atoms with Gasteiger partial charge in [-0.05, 0) is 0 Å². The van der Waals surface area contributed by atoms with Crippen LogP contribution in [0.4, 0.5) is 0 Å². The van der Waals surface area contributed by atoms with E-state index in [-0.39, 0.29) is 10.6 Å². The first-order valence-electron chi connectivity index (χ1n) is 5.81. The molecule has 0 spiro atoms. The lowest BCUT2D eigenvalue weighted by Crippen LogP contribution is -2.11. The molecule has 4 nitrogen and oxygen atoms in total. The van der Waals surface area contributed by atoms with Crippen molar-refractivity contribution in [3.05, 3.63) is 38.8 Å². The van der Waals surface area contributed by atoms with Gasteiger partial charge in [-0.3, -0.25) is 4.79 Å². The van der Waals surface area contributed by atoms with Gasteiger partial charge in [0.1, 0.15) is 11.5 Å². The molecule has 2 aromatic heterocycles. The first kappa shape index (κ1) is 14.1. The number of thiazole rings is 1. The first-order chi connectivity index (χ1) is 8.91. The summed E-state index contributed by atoms with van der Waals surface area (Å²) in [6, 6.07) is 0. The highest BCUT2D eigenvalue weighted by Gasteiger charge is 2.18. The fourth-order valence-corrected chi connectivity index (χ4v) is 2.77. The van der Waals surface area contributed by atoms with Gasteiger partial charge in [-0.2, -0.15) is 0 Å². The van der Waals surface area contributed by atoms with E-state index in [2.05, 4.69) is 35.7 Å². The van der Waals surface area contributed by atoms with Crippen molar-refractivity contribution in [2.24, 2.45) is 0 Å². The van der Waals surface area contributed by atoms with E-state index >= 15 is 0 Å². The number of nitrogens with zero attached hydrogens (tertiary/aromatic N) is 3. The van der Waals surface area contributed by atoms with Gasteiger partial charge in [-0.1, -0.05) is 32.4 Å². The topological polar surface area (TPSA) is 55.7 Å². The Bertz CT molecular complexity index is 604. The van der Waals surface area contributed by atoms with Crippen molar-refractivity contribution in [2.75, 3.05) is 0 Å². The third-order valence-corrected chi connectivity index (χ3v) is 3.82. The Labute approximate surface area is 120 Å². The number of rotatable bonds is 3. The summed E-state index contributed by atoms with van der Waals surface area (Å²) < 4.78 is 0. The van der Waals surface area contributed by atoms with Crippen molar-refractivity contribution in [3.63, 3.8) is 0 Å². The van der Waals surface area contributed by atoms with Crippen LogP contribution in [0.3, 0.4) is 0 Å². The summed E-state index contributed by atoms with van der Waals surface area (Å²) in [7, 11) is 0. The minimum Gasteiger partial charge on any atom is -0.298 e. The molecule has 0 radical (unpaired) electrons. The highest BCUT2D eigenvalue weighted by molar-refractivity contribution is 7.09. The molecule has 0 aliphatic heterocycles. The molecule has 0 aliphatic carbocycles. The average molecular weight is 296 g/mol. The molecule has 0 aliphatic rings. The Morgan fingerprint density at radius 3 is 2.68 bits per heavy atom. The molecule has 0 N–H and O–H groups in total. The van der Waals surface area contributed by atoms with Crippen molar-refractivity contribution in [1.82, 2.24) is 15.0 Å². The van der Waals surface area contributed by atoms with Gasteiger partial charge in [0.2, 0.25) is 0 Å². The number of aldehydes is 1. The second kappa shape index (κ2) is 5.35. The van der Waals surface area contributed by atoms with E-state index in [9.17, 15) is 4.79 Å². The average Bonchev–Trinajstić information content (AvgIpc) is 2.77. The van der Waals surface area contributed by atoms with Gasteiger partial charge >= 0.3 is 0 Å². The summed E-state index contributed by atoms with van der Waals surface area (Å²) in [6.07, 6.45) is 2.55. The molecule has 0 amide bonds. The van der Waals surface area contributed by atoms with Crippen molar-refractivity contribution >= 4 is 29.2 Å². The summed E-state index contributed by atoms with van der Waals surface area (Å²) in [6.45, 7) is 6.35. The number of carbonyl (C=O) groups is 1. The molecular formula is C13H14ClN3OS. The Balaban J connectivity index is 2.29. The quantitative estimate of drug-likeness (QED) is 0.644. The van der Waals surface area contributed by atoms with Crippen LogP contribution >= 0.6 is 22.9 Å². The molecule has 6 heteroatoms. The zero-order valence-corrected chi connectivity index (χ0v) is 12.5. The molecule has 0 atom stereocenters. The molecule has 0 bridgehead atoms. The first-order valence-corrected chi connectivity index (χ1v) is 7.07. The van der Waals surface area contributed by atoms with Crippen LogP contribution < -0.4 is 0 Å². The van der Waals surface area contributed by atoms with Crippen LogP contribution in [0.1, 0.15) is 47.5 Å². The summed E-state index contributed by atoms with van der Waals surface area (Å²) >= 11 is 7.44. The molecule has 19 heavy (non-hydrogen) atoms. The Hall–Kier alpha value is -1.33. The number of hydrogen-bond acceptors (Lipinski definition) is 5. The second-order valence-corrected chi connectivity index (χ2v) is 6.50. The van der Waals surface area contributed by atoms with Crippen LogP contribution in [0.15, 0.2) is 11.7 Å². The summed E-state index contributed by atoms with van der Waals surface area (Å²) in [4.78, 5) is 23.5. The molecular weight excluding hydrogens is 282 g/mol. The lowest BCUT2D eigenvalue weighted by Gasteiger charge is -2.14. The van der Waals surface area contributed by atoms with E-state index < -0.39 is 0 Å². The predicted molar refractivity (Wildman–Crippen MR) is 76.0 cm³/mol. The van der Waals surface area contributed by atoms with Gasteiger partial charge in [-0.15, -0.1) is 11.3 Å². The molecule has 0 fully saturated rings. The number of carbonyl (C=O) groups excluding carboxylic acids is 1. The van der Waals surface area contributed by atoms with Crippen LogP contribution in [-0.2, 0) is 11.8 Å². The van der Waals surface area contributed by atoms with Crippen LogP contribution in [0, 0.1) is 0 Å². The smallest absolute Gasteiger partial charge is 0.155 e. The molecule has 0 aromatic carbocycles. The highest BCUT2D eigenvalue weighted by Crippen LogP contribution is 2.25. The number of halogens is 1. The number of hydrogen-bond donors (Lipinski definition) is 0. The minimum atomic E-state index is 0.0194. The van der Waals surface area contributed by atoms with Crippen molar-refractivity contribution in [3.8, 4) is 0 Å². The van der Waals surface area contributed by atoms with Gasteiger partial charge in [0.15, 0.2) is 6.29 Å². The molecule has 100 valence electrons. The Morgan fingerprint density at radius 1 is 1.37 bits per heavy atom. The molecule has 2 rings (SSSR count). The van der Waals surface area contributed by atoms with Gasteiger partial charge < -0.3 is 0 Å². The van der Waals surface area contributed by atoms with Crippen molar-refractivity contribution in [2.45, 2.75) is 32.6 Å². The lowest BCUT2D eigenvalue weighted by molar-refractivity contribution is 0.112. The second-order valence-electron chi connectivity index (χ2n) is 5.20. The summed E-state index contributed by atoms with van der Waals surface area (Å²) in [5, 5.41) is 3.15. The largest absolute Gasteiger partial charge is 0.298 e. The molecule has 0 saturated carbocycles. The zero-order chi connectivity index (χ0) is 14.0. The maximum atomic E-state index is 11.0. The maximum absolute atomic E-state index is 11.0. The van der Waals surface area contributed by atoms with Gasteiger partial charge in [0.05, 0.1) is 22.0 Å². The normalized spacial score (nSPS) is 11.6. The van der Waals surface area contributed by atoms with E-state index in [0.29, 0.717) is 24.0 Å². The molecule has 2 aromatic rings.